The van der Waals surface area contributed by atoms with Gasteiger partial charge >= 0.3 is 0 Å². The first kappa shape index (κ1) is 15.6. The van der Waals surface area contributed by atoms with Crippen LogP contribution in [0.4, 0.5) is 11.6 Å². The molecule has 1 N–H and O–H groups in total. The van der Waals surface area contributed by atoms with Gasteiger partial charge in [0.25, 0.3) is 0 Å². The van der Waals surface area contributed by atoms with E-state index in [2.05, 4.69) is 44.4 Å². The lowest BCUT2D eigenvalue weighted by Gasteiger charge is -2.16. The Morgan fingerprint density at radius 1 is 1.50 bits per heavy atom. The molecular formula is C14H17ClIN3O. The van der Waals surface area contributed by atoms with Crippen LogP contribution in [0, 0.1) is 10.5 Å². The molecule has 0 amide bonds. The Hall–Kier alpha value is -0.790. The predicted octanol–water partition coefficient (Wildman–Crippen LogP) is 4.40. The quantitative estimate of drug-likeness (QED) is 0.749. The number of halogens is 2. The normalized spacial score (nSPS) is 12.4. The molecule has 0 aliphatic carbocycles. The van der Waals surface area contributed by atoms with Crippen molar-refractivity contribution in [3.05, 3.63) is 38.7 Å². The number of rotatable bonds is 5. The first-order valence-corrected chi connectivity index (χ1v) is 7.73. The molecule has 1 atom stereocenters. The summed E-state index contributed by atoms with van der Waals surface area (Å²) >= 11 is 8.23. The van der Waals surface area contributed by atoms with E-state index in [1.54, 1.807) is 7.11 Å². The van der Waals surface area contributed by atoms with Crippen LogP contribution in [-0.4, -0.2) is 23.3 Å². The Bertz CT molecular complexity index is 600. The molecule has 2 aromatic rings. The van der Waals surface area contributed by atoms with E-state index in [1.807, 2.05) is 31.3 Å². The number of aryl methyl sites for hydroxylation is 1. The molecule has 0 saturated heterocycles. The van der Waals surface area contributed by atoms with Gasteiger partial charge < -0.3 is 14.6 Å². The fourth-order valence-corrected chi connectivity index (χ4v) is 2.98. The summed E-state index contributed by atoms with van der Waals surface area (Å²) in [6.07, 6.45) is 2.02. The second kappa shape index (κ2) is 6.78. The molecule has 6 heteroatoms. The summed E-state index contributed by atoms with van der Waals surface area (Å²) in [5, 5.41) is 4.09. The van der Waals surface area contributed by atoms with Gasteiger partial charge in [-0.05, 0) is 54.6 Å². The van der Waals surface area contributed by atoms with Gasteiger partial charge in [0.15, 0.2) is 0 Å². The standard InChI is InChI=1S/C14H17ClIN3O/c1-9-7-19(10(2)8-20-3)14(17-9)18-13-5-4-11(15)6-12(13)16/h4-7,10H,8H2,1-3H3,(H,17,18). The molecule has 4 nitrogen and oxygen atoms in total. The van der Waals surface area contributed by atoms with Gasteiger partial charge in [-0.2, -0.15) is 0 Å². The predicted molar refractivity (Wildman–Crippen MR) is 91.0 cm³/mol. The fraction of sp³-hybridized carbons (Fsp3) is 0.357. The van der Waals surface area contributed by atoms with Gasteiger partial charge in [0.05, 0.1) is 24.0 Å². The number of benzene rings is 1. The maximum atomic E-state index is 5.98. The molecule has 1 aromatic heterocycles. The summed E-state index contributed by atoms with van der Waals surface area (Å²) in [7, 11) is 1.70. The SMILES string of the molecule is COCC(C)n1cc(C)nc1Nc1ccc(Cl)cc1I. The molecule has 0 bridgehead atoms. The van der Waals surface area contributed by atoms with Gasteiger partial charge in [-0.15, -0.1) is 0 Å². The maximum Gasteiger partial charge on any atom is 0.207 e. The monoisotopic (exact) mass is 405 g/mol. The van der Waals surface area contributed by atoms with E-state index in [0.29, 0.717) is 6.61 Å². The summed E-state index contributed by atoms with van der Waals surface area (Å²) < 4.78 is 8.36. The van der Waals surface area contributed by atoms with E-state index in [-0.39, 0.29) is 6.04 Å². The third-order valence-corrected chi connectivity index (χ3v) is 4.04. The average molecular weight is 406 g/mol. The summed E-state index contributed by atoms with van der Waals surface area (Å²) in [6.45, 7) is 4.72. The zero-order valence-electron chi connectivity index (χ0n) is 11.7. The van der Waals surface area contributed by atoms with Gasteiger partial charge in [0.2, 0.25) is 5.95 Å². The van der Waals surface area contributed by atoms with E-state index in [1.165, 1.54) is 0 Å². The molecule has 0 aliphatic rings. The van der Waals surface area contributed by atoms with Crippen molar-refractivity contribution in [2.24, 2.45) is 0 Å². The van der Waals surface area contributed by atoms with Crippen molar-refractivity contribution in [2.45, 2.75) is 19.9 Å². The van der Waals surface area contributed by atoms with Crippen molar-refractivity contribution in [1.82, 2.24) is 9.55 Å². The van der Waals surface area contributed by atoms with Gasteiger partial charge in [0, 0.05) is 21.9 Å². The molecule has 2 rings (SSSR count). The van der Waals surface area contributed by atoms with Crippen molar-refractivity contribution in [2.75, 3.05) is 19.0 Å². The summed E-state index contributed by atoms with van der Waals surface area (Å²) in [4.78, 5) is 4.53. The van der Waals surface area contributed by atoms with Crippen LogP contribution < -0.4 is 5.32 Å². The zero-order valence-corrected chi connectivity index (χ0v) is 14.6. The molecule has 0 saturated carbocycles. The zero-order chi connectivity index (χ0) is 14.7. The number of hydrogen-bond acceptors (Lipinski definition) is 3. The Labute approximate surface area is 137 Å². The highest BCUT2D eigenvalue weighted by molar-refractivity contribution is 14.1. The Kier molecular flexibility index (Phi) is 5.29. The van der Waals surface area contributed by atoms with Crippen LogP contribution in [0.25, 0.3) is 0 Å². The minimum atomic E-state index is 0.216. The highest BCUT2D eigenvalue weighted by Crippen LogP contribution is 2.26. The maximum absolute atomic E-state index is 5.98. The van der Waals surface area contributed by atoms with Crippen LogP contribution in [0.1, 0.15) is 18.7 Å². The van der Waals surface area contributed by atoms with Crippen molar-refractivity contribution < 1.29 is 4.74 Å². The van der Waals surface area contributed by atoms with E-state index in [0.717, 1.165) is 25.9 Å². The first-order chi connectivity index (χ1) is 9.51. The molecule has 1 aromatic carbocycles. The van der Waals surface area contributed by atoms with Gasteiger partial charge in [-0.1, -0.05) is 11.6 Å². The van der Waals surface area contributed by atoms with Crippen LogP contribution in [0.15, 0.2) is 24.4 Å². The molecule has 0 spiro atoms. The van der Waals surface area contributed by atoms with Crippen LogP contribution in [0.3, 0.4) is 0 Å². The van der Waals surface area contributed by atoms with E-state index < -0.39 is 0 Å². The van der Waals surface area contributed by atoms with Crippen molar-refractivity contribution in [1.29, 1.82) is 0 Å². The van der Waals surface area contributed by atoms with E-state index in [4.69, 9.17) is 16.3 Å². The lowest BCUT2D eigenvalue weighted by molar-refractivity contribution is 0.163. The third-order valence-electron chi connectivity index (χ3n) is 2.91. The summed E-state index contributed by atoms with van der Waals surface area (Å²) in [5.74, 6) is 0.812. The molecule has 0 radical (unpaired) electrons. The first-order valence-electron chi connectivity index (χ1n) is 6.27. The van der Waals surface area contributed by atoms with Crippen molar-refractivity contribution in [3.63, 3.8) is 0 Å². The van der Waals surface area contributed by atoms with Crippen LogP contribution >= 0.6 is 34.2 Å². The number of anilines is 2. The second-order valence-corrected chi connectivity index (χ2v) is 6.27. The van der Waals surface area contributed by atoms with E-state index in [9.17, 15) is 0 Å². The van der Waals surface area contributed by atoms with Crippen molar-refractivity contribution in [3.8, 4) is 0 Å². The highest BCUT2D eigenvalue weighted by atomic mass is 127. The Morgan fingerprint density at radius 3 is 2.90 bits per heavy atom. The number of aromatic nitrogens is 2. The minimum absolute atomic E-state index is 0.216. The smallest absolute Gasteiger partial charge is 0.207 e. The second-order valence-electron chi connectivity index (χ2n) is 4.67. The molecular weight excluding hydrogens is 389 g/mol. The van der Waals surface area contributed by atoms with Crippen LogP contribution in [0.5, 0.6) is 0 Å². The minimum Gasteiger partial charge on any atom is -0.383 e. The van der Waals surface area contributed by atoms with Crippen LogP contribution in [0.2, 0.25) is 5.02 Å². The summed E-state index contributed by atoms with van der Waals surface area (Å²) in [6, 6.07) is 5.96. The van der Waals surface area contributed by atoms with Gasteiger partial charge in [-0.25, -0.2) is 4.98 Å². The summed E-state index contributed by atoms with van der Waals surface area (Å²) in [5.41, 5.74) is 1.96. The lowest BCUT2D eigenvalue weighted by atomic mass is 10.3. The fourth-order valence-electron chi connectivity index (χ4n) is 1.98. The number of methoxy groups -OCH3 is 1. The largest absolute Gasteiger partial charge is 0.383 e. The number of nitrogens with zero attached hydrogens (tertiary/aromatic N) is 2. The molecule has 20 heavy (non-hydrogen) atoms. The number of nitrogens with one attached hydrogen (secondary N) is 1. The van der Waals surface area contributed by atoms with Crippen LogP contribution in [-0.2, 0) is 4.74 Å². The lowest BCUT2D eigenvalue weighted by Crippen LogP contribution is -2.13. The van der Waals surface area contributed by atoms with Gasteiger partial charge in [-0.3, -0.25) is 0 Å². The average Bonchev–Trinajstić information content (AvgIpc) is 2.74. The topological polar surface area (TPSA) is 39.1 Å². The molecule has 1 heterocycles. The molecule has 108 valence electrons. The third kappa shape index (κ3) is 3.65. The number of hydrogen-bond donors (Lipinski definition) is 1. The Morgan fingerprint density at radius 2 is 2.25 bits per heavy atom. The van der Waals surface area contributed by atoms with Gasteiger partial charge in [0.1, 0.15) is 0 Å². The Balaban J connectivity index is 2.29. The number of ether oxygens (including phenoxy) is 1. The molecule has 1 unspecified atom stereocenters. The van der Waals surface area contributed by atoms with E-state index >= 15 is 0 Å². The number of imidazole rings is 1. The highest BCUT2D eigenvalue weighted by Gasteiger charge is 2.13. The molecule has 0 aliphatic heterocycles. The molecule has 0 fully saturated rings. The van der Waals surface area contributed by atoms with Crippen molar-refractivity contribution >= 4 is 45.8 Å².